The van der Waals surface area contributed by atoms with Gasteiger partial charge in [0.15, 0.2) is 0 Å². The van der Waals surface area contributed by atoms with Crippen molar-refractivity contribution < 1.29 is 9.53 Å². The summed E-state index contributed by atoms with van der Waals surface area (Å²) in [6.07, 6.45) is 2.20. The summed E-state index contributed by atoms with van der Waals surface area (Å²) >= 11 is 0. The van der Waals surface area contributed by atoms with Crippen molar-refractivity contribution in [2.24, 2.45) is 0 Å². The number of esters is 1. The fourth-order valence-corrected chi connectivity index (χ4v) is 2.99. The first-order chi connectivity index (χ1) is 8.88. The summed E-state index contributed by atoms with van der Waals surface area (Å²) < 4.78 is 4.90. The van der Waals surface area contributed by atoms with Gasteiger partial charge in [-0.25, -0.2) is 4.79 Å². The van der Waals surface area contributed by atoms with Gasteiger partial charge in [0.05, 0.1) is 12.6 Å². The fourth-order valence-electron chi connectivity index (χ4n) is 2.99. The van der Waals surface area contributed by atoms with E-state index < -0.39 is 0 Å². The van der Waals surface area contributed by atoms with Crippen LogP contribution < -0.4 is 4.90 Å². The highest BCUT2D eigenvalue weighted by Crippen LogP contribution is 2.39. The maximum absolute atomic E-state index is 11.9. The van der Waals surface area contributed by atoms with Gasteiger partial charge in [-0.1, -0.05) is 24.3 Å². The number of nitrogens with zero attached hydrogens (tertiary/aromatic N) is 1. The predicted octanol–water partition coefficient (Wildman–Crippen LogP) is 3.25. The summed E-state index contributed by atoms with van der Waals surface area (Å²) in [6, 6.07) is 7.87. The molecular formula is C16H21NO2. The molecule has 1 aromatic carbocycles. The number of hydrogen-bond acceptors (Lipinski definition) is 3. The third-order valence-corrected chi connectivity index (χ3v) is 3.71. The number of carbonyl (C=O) groups excluding carboxylic acids is 1. The maximum Gasteiger partial charge on any atom is 0.328 e. The first-order valence-electron chi connectivity index (χ1n) is 6.54. The summed E-state index contributed by atoms with van der Waals surface area (Å²) in [5.41, 5.74) is 3.29. The lowest BCUT2D eigenvalue weighted by atomic mass is 9.87. The van der Waals surface area contributed by atoms with Gasteiger partial charge >= 0.3 is 5.97 Å². The van der Waals surface area contributed by atoms with Crippen LogP contribution in [-0.2, 0) is 9.53 Å². The molecule has 19 heavy (non-hydrogen) atoms. The number of hydrogen-bond donors (Lipinski definition) is 0. The number of fused-ring (bicyclic) bond motifs is 1. The van der Waals surface area contributed by atoms with Gasteiger partial charge in [0.25, 0.3) is 0 Å². The van der Waals surface area contributed by atoms with Gasteiger partial charge in [0, 0.05) is 11.3 Å². The number of benzene rings is 1. The van der Waals surface area contributed by atoms with Gasteiger partial charge in [-0.3, -0.25) is 0 Å². The van der Waals surface area contributed by atoms with Gasteiger partial charge in [-0.2, -0.15) is 0 Å². The van der Waals surface area contributed by atoms with Crippen molar-refractivity contribution in [2.75, 3.05) is 12.0 Å². The average molecular weight is 259 g/mol. The molecule has 0 fully saturated rings. The van der Waals surface area contributed by atoms with Crippen molar-refractivity contribution >= 4 is 17.2 Å². The van der Waals surface area contributed by atoms with Crippen molar-refractivity contribution in [1.29, 1.82) is 0 Å². The lowest BCUT2D eigenvalue weighted by molar-refractivity contribution is -0.142. The van der Waals surface area contributed by atoms with Crippen molar-refractivity contribution in [2.45, 2.75) is 39.3 Å². The van der Waals surface area contributed by atoms with Crippen LogP contribution in [0.5, 0.6) is 0 Å². The second-order valence-corrected chi connectivity index (χ2v) is 5.57. The monoisotopic (exact) mass is 259 g/mol. The molecule has 3 nitrogen and oxygen atoms in total. The molecule has 0 spiro atoms. The van der Waals surface area contributed by atoms with Crippen molar-refractivity contribution in [1.82, 2.24) is 0 Å². The van der Waals surface area contributed by atoms with Crippen LogP contribution in [0.1, 0.15) is 33.3 Å². The number of rotatable bonds is 2. The molecule has 3 heteroatoms. The largest absolute Gasteiger partial charge is 0.467 e. The predicted molar refractivity (Wildman–Crippen MR) is 78.1 cm³/mol. The molecule has 0 saturated heterocycles. The van der Waals surface area contributed by atoms with Crippen LogP contribution in [-0.4, -0.2) is 24.7 Å². The van der Waals surface area contributed by atoms with Crippen LogP contribution in [0.2, 0.25) is 0 Å². The maximum atomic E-state index is 11.9. The molecule has 1 aromatic rings. The van der Waals surface area contributed by atoms with E-state index in [2.05, 4.69) is 43.9 Å². The number of carbonyl (C=O) groups is 1. The lowest BCUT2D eigenvalue weighted by Crippen LogP contribution is -2.53. The topological polar surface area (TPSA) is 29.5 Å². The normalized spacial score (nSPS) is 18.4. The van der Waals surface area contributed by atoms with Gasteiger partial charge in [-0.05, 0) is 39.3 Å². The van der Waals surface area contributed by atoms with E-state index in [1.165, 1.54) is 18.2 Å². The minimum atomic E-state index is -0.314. The molecule has 1 heterocycles. The molecule has 102 valence electrons. The molecule has 2 rings (SSSR count). The molecule has 0 N–H and O–H groups in total. The Hall–Kier alpha value is -1.77. The van der Waals surface area contributed by atoms with Crippen LogP contribution in [0.25, 0.3) is 5.57 Å². The Morgan fingerprint density at radius 1 is 1.32 bits per heavy atom. The average Bonchev–Trinajstić information content (AvgIpc) is 2.36. The Morgan fingerprint density at radius 3 is 2.58 bits per heavy atom. The second kappa shape index (κ2) is 4.72. The fraction of sp³-hybridized carbons (Fsp3) is 0.438. The molecule has 0 bridgehead atoms. The molecule has 1 atom stereocenters. The van der Waals surface area contributed by atoms with Crippen LogP contribution in [0.4, 0.5) is 5.69 Å². The lowest BCUT2D eigenvalue weighted by Gasteiger charge is -2.45. The van der Waals surface area contributed by atoms with E-state index >= 15 is 0 Å². The highest BCUT2D eigenvalue weighted by molar-refractivity contribution is 5.87. The van der Waals surface area contributed by atoms with Gasteiger partial charge in [0.2, 0.25) is 0 Å². The Kier molecular flexibility index (Phi) is 3.40. The van der Waals surface area contributed by atoms with E-state index in [1.807, 2.05) is 19.1 Å². The highest BCUT2D eigenvalue weighted by Gasteiger charge is 2.37. The smallest absolute Gasteiger partial charge is 0.328 e. The van der Waals surface area contributed by atoms with E-state index in [0.717, 1.165) is 5.69 Å². The van der Waals surface area contributed by atoms with Crippen LogP contribution in [0, 0.1) is 0 Å². The Morgan fingerprint density at radius 2 is 1.95 bits per heavy atom. The van der Waals surface area contributed by atoms with Crippen molar-refractivity contribution in [3.63, 3.8) is 0 Å². The minimum Gasteiger partial charge on any atom is -0.467 e. The number of para-hydroxylation sites is 1. The van der Waals surface area contributed by atoms with E-state index in [1.54, 1.807) is 0 Å². The zero-order chi connectivity index (χ0) is 14.2. The Balaban J connectivity index is 2.56. The minimum absolute atomic E-state index is 0.212. The summed E-state index contributed by atoms with van der Waals surface area (Å²) in [5, 5.41) is 0. The first-order valence-corrected chi connectivity index (χ1v) is 6.54. The summed E-state index contributed by atoms with van der Waals surface area (Å²) in [4.78, 5) is 14.0. The number of allylic oxidation sites excluding steroid dienone is 1. The van der Waals surface area contributed by atoms with Crippen molar-refractivity contribution in [3.8, 4) is 0 Å². The van der Waals surface area contributed by atoms with Gasteiger partial charge < -0.3 is 9.64 Å². The van der Waals surface area contributed by atoms with E-state index in [0.29, 0.717) is 0 Å². The highest BCUT2D eigenvalue weighted by atomic mass is 16.5. The molecule has 0 aromatic heterocycles. The zero-order valence-electron chi connectivity index (χ0n) is 12.2. The van der Waals surface area contributed by atoms with E-state index in [4.69, 9.17) is 4.74 Å². The van der Waals surface area contributed by atoms with Crippen LogP contribution in [0.15, 0.2) is 30.3 Å². The molecular weight excluding hydrogens is 238 g/mol. The standard InChI is InChI=1S/C16H21NO2/c1-11-10-16(3,4)17(12(2)15(18)19-5)14-9-7-6-8-13(11)14/h6-10,12H,1-5H3/t12-/m0/s1. The SMILES string of the molecule is COC(=O)[C@H](C)N1c2ccccc2C(C)=CC1(C)C. The van der Waals surface area contributed by atoms with Gasteiger partial charge in [-0.15, -0.1) is 0 Å². The van der Waals surface area contributed by atoms with Gasteiger partial charge in [0.1, 0.15) is 6.04 Å². The molecule has 0 saturated carbocycles. The molecule has 0 amide bonds. The molecule has 0 unspecified atom stereocenters. The quantitative estimate of drug-likeness (QED) is 0.764. The van der Waals surface area contributed by atoms with E-state index in [-0.39, 0.29) is 17.6 Å². The summed E-state index contributed by atoms with van der Waals surface area (Å²) in [5.74, 6) is -0.212. The third kappa shape index (κ3) is 2.25. The molecule has 0 radical (unpaired) electrons. The second-order valence-electron chi connectivity index (χ2n) is 5.57. The molecule has 0 aliphatic carbocycles. The number of anilines is 1. The summed E-state index contributed by atoms with van der Waals surface area (Å²) in [7, 11) is 1.43. The zero-order valence-corrected chi connectivity index (χ0v) is 12.2. The number of ether oxygens (including phenoxy) is 1. The Labute approximate surface area is 114 Å². The molecule has 1 aliphatic heterocycles. The molecule has 1 aliphatic rings. The Bertz CT molecular complexity index is 531. The first kappa shape index (κ1) is 13.7. The van der Waals surface area contributed by atoms with E-state index in [9.17, 15) is 4.79 Å². The van der Waals surface area contributed by atoms with Crippen LogP contribution in [0.3, 0.4) is 0 Å². The number of methoxy groups -OCH3 is 1. The van der Waals surface area contributed by atoms with Crippen LogP contribution >= 0.6 is 0 Å². The summed E-state index contributed by atoms with van der Waals surface area (Å²) in [6.45, 7) is 8.23. The third-order valence-electron chi connectivity index (χ3n) is 3.71. The van der Waals surface area contributed by atoms with Crippen molar-refractivity contribution in [3.05, 3.63) is 35.9 Å².